The number of phenolic OH excluding ortho intramolecular Hbond substituents is 1. The lowest BCUT2D eigenvalue weighted by atomic mass is 10.1. The lowest BCUT2D eigenvalue weighted by molar-refractivity contribution is -0.140. The van der Waals surface area contributed by atoms with Crippen LogP contribution in [0.1, 0.15) is 41.6 Å². The topological polar surface area (TPSA) is 75.6 Å². The van der Waals surface area contributed by atoms with Crippen molar-refractivity contribution in [3.8, 4) is 5.75 Å². The van der Waals surface area contributed by atoms with Crippen molar-refractivity contribution >= 4 is 11.9 Å². The number of unbranched alkanes of at least 4 members (excludes halogenated alkanes) is 2. The summed E-state index contributed by atoms with van der Waals surface area (Å²) in [7, 11) is 1.38. The van der Waals surface area contributed by atoms with Gasteiger partial charge in [0.1, 0.15) is 5.75 Å². The molecule has 20 heavy (non-hydrogen) atoms. The van der Waals surface area contributed by atoms with Gasteiger partial charge in [-0.3, -0.25) is 9.59 Å². The third kappa shape index (κ3) is 5.30. The average molecular weight is 279 g/mol. The molecule has 0 bridgehead atoms. The van der Waals surface area contributed by atoms with E-state index in [0.717, 1.165) is 24.8 Å². The molecule has 1 amide bonds. The lowest BCUT2D eigenvalue weighted by Crippen LogP contribution is -2.25. The number of benzene rings is 1. The number of hydrogen-bond acceptors (Lipinski definition) is 4. The van der Waals surface area contributed by atoms with Gasteiger partial charge in [0.25, 0.3) is 5.91 Å². The number of phenols is 1. The number of aromatic hydroxyl groups is 1. The van der Waals surface area contributed by atoms with Crippen molar-refractivity contribution in [3.05, 3.63) is 29.3 Å². The monoisotopic (exact) mass is 279 g/mol. The molecule has 0 saturated heterocycles. The van der Waals surface area contributed by atoms with Crippen molar-refractivity contribution in [1.29, 1.82) is 0 Å². The third-order valence-electron chi connectivity index (χ3n) is 3.03. The van der Waals surface area contributed by atoms with Crippen molar-refractivity contribution in [2.24, 2.45) is 0 Å². The first-order valence-electron chi connectivity index (χ1n) is 6.69. The second-order valence-corrected chi connectivity index (χ2v) is 4.64. The normalized spacial score (nSPS) is 10.1. The van der Waals surface area contributed by atoms with Crippen LogP contribution in [0.4, 0.5) is 0 Å². The Morgan fingerprint density at radius 2 is 2.00 bits per heavy atom. The lowest BCUT2D eigenvalue weighted by Gasteiger charge is -2.08. The second kappa shape index (κ2) is 8.19. The third-order valence-corrected chi connectivity index (χ3v) is 3.03. The Bertz CT molecular complexity index is 471. The van der Waals surface area contributed by atoms with Gasteiger partial charge < -0.3 is 15.2 Å². The zero-order valence-corrected chi connectivity index (χ0v) is 11.9. The van der Waals surface area contributed by atoms with Crippen molar-refractivity contribution in [1.82, 2.24) is 5.32 Å². The van der Waals surface area contributed by atoms with E-state index < -0.39 is 0 Å². The first-order chi connectivity index (χ1) is 9.54. The molecule has 0 fully saturated rings. The molecule has 110 valence electrons. The molecule has 2 N–H and O–H groups in total. The fourth-order valence-corrected chi connectivity index (χ4v) is 1.87. The highest BCUT2D eigenvalue weighted by Gasteiger charge is 2.08. The summed E-state index contributed by atoms with van der Waals surface area (Å²) in [6.07, 6.45) is 2.87. The van der Waals surface area contributed by atoms with Gasteiger partial charge in [-0.15, -0.1) is 0 Å². The summed E-state index contributed by atoms with van der Waals surface area (Å²) in [5, 5.41) is 12.1. The van der Waals surface area contributed by atoms with E-state index in [1.54, 1.807) is 19.1 Å². The Morgan fingerprint density at radius 3 is 2.65 bits per heavy atom. The van der Waals surface area contributed by atoms with Gasteiger partial charge in [0.15, 0.2) is 0 Å². The number of carbonyl (C=O) groups excluding carboxylic acids is 2. The first kappa shape index (κ1) is 16.0. The van der Waals surface area contributed by atoms with E-state index in [0.29, 0.717) is 18.5 Å². The fraction of sp³-hybridized carbons (Fsp3) is 0.467. The van der Waals surface area contributed by atoms with Crippen molar-refractivity contribution in [3.63, 3.8) is 0 Å². The maximum Gasteiger partial charge on any atom is 0.305 e. The molecule has 0 aliphatic carbocycles. The molecule has 0 unspecified atom stereocenters. The standard InChI is InChI=1S/C15H21NO4/c1-11-10-12(17)7-8-13(11)15(19)16-9-5-3-4-6-14(18)20-2/h7-8,10,17H,3-6,9H2,1-2H3,(H,16,19). The number of ether oxygens (including phenoxy) is 1. The van der Waals surface area contributed by atoms with Crippen LogP contribution in [0.2, 0.25) is 0 Å². The maximum absolute atomic E-state index is 11.9. The number of esters is 1. The highest BCUT2D eigenvalue weighted by molar-refractivity contribution is 5.95. The molecule has 0 aliphatic heterocycles. The Balaban J connectivity index is 2.25. The molecule has 1 rings (SSSR count). The minimum absolute atomic E-state index is 0.143. The van der Waals surface area contributed by atoms with Crippen LogP contribution >= 0.6 is 0 Å². The molecule has 5 heteroatoms. The highest BCUT2D eigenvalue weighted by atomic mass is 16.5. The van der Waals surface area contributed by atoms with Crippen LogP contribution in [0.3, 0.4) is 0 Å². The number of methoxy groups -OCH3 is 1. The van der Waals surface area contributed by atoms with Gasteiger partial charge in [-0.1, -0.05) is 6.42 Å². The second-order valence-electron chi connectivity index (χ2n) is 4.64. The fourth-order valence-electron chi connectivity index (χ4n) is 1.87. The van der Waals surface area contributed by atoms with E-state index >= 15 is 0 Å². The number of rotatable bonds is 7. The van der Waals surface area contributed by atoms with Gasteiger partial charge in [-0.25, -0.2) is 0 Å². The van der Waals surface area contributed by atoms with Gasteiger partial charge in [0.2, 0.25) is 0 Å². The van der Waals surface area contributed by atoms with E-state index in [2.05, 4.69) is 10.1 Å². The maximum atomic E-state index is 11.9. The quantitative estimate of drug-likeness (QED) is 0.592. The van der Waals surface area contributed by atoms with Crippen molar-refractivity contribution < 1.29 is 19.4 Å². The molecular formula is C15H21NO4. The van der Waals surface area contributed by atoms with Crippen molar-refractivity contribution in [2.45, 2.75) is 32.6 Å². The SMILES string of the molecule is COC(=O)CCCCCNC(=O)c1ccc(O)cc1C. The van der Waals surface area contributed by atoms with Crippen LogP contribution in [0.5, 0.6) is 5.75 Å². The summed E-state index contributed by atoms with van der Waals surface area (Å²) < 4.78 is 4.55. The molecule has 0 aromatic heterocycles. The Hall–Kier alpha value is -2.04. The number of hydrogen-bond donors (Lipinski definition) is 2. The molecular weight excluding hydrogens is 258 g/mol. The van der Waals surface area contributed by atoms with Gasteiger partial charge in [-0.05, 0) is 43.5 Å². The van der Waals surface area contributed by atoms with Crippen molar-refractivity contribution in [2.75, 3.05) is 13.7 Å². The minimum atomic E-state index is -0.200. The summed E-state index contributed by atoms with van der Waals surface area (Å²) in [5.74, 6) is -0.189. The van der Waals surface area contributed by atoms with E-state index in [9.17, 15) is 14.7 Å². The number of carbonyl (C=O) groups is 2. The predicted octanol–water partition coefficient (Wildman–Crippen LogP) is 2.16. The highest BCUT2D eigenvalue weighted by Crippen LogP contribution is 2.15. The number of nitrogens with one attached hydrogen (secondary N) is 1. The van der Waals surface area contributed by atoms with Gasteiger partial charge in [0.05, 0.1) is 7.11 Å². The van der Waals surface area contributed by atoms with E-state index in [4.69, 9.17) is 0 Å². The summed E-state index contributed by atoms with van der Waals surface area (Å²) in [6.45, 7) is 2.35. The van der Waals surface area contributed by atoms with Gasteiger partial charge >= 0.3 is 5.97 Å². The van der Waals surface area contributed by atoms with Crippen LogP contribution in [-0.2, 0) is 9.53 Å². The van der Waals surface area contributed by atoms with Crippen LogP contribution in [0.15, 0.2) is 18.2 Å². The molecule has 0 spiro atoms. The molecule has 1 aromatic carbocycles. The summed E-state index contributed by atoms with van der Waals surface area (Å²) in [6, 6.07) is 4.67. The molecule has 0 radical (unpaired) electrons. The number of amides is 1. The van der Waals surface area contributed by atoms with Crippen LogP contribution in [0, 0.1) is 6.92 Å². The molecule has 1 aromatic rings. The Kier molecular flexibility index (Phi) is 6.56. The van der Waals surface area contributed by atoms with Crippen LogP contribution in [-0.4, -0.2) is 30.6 Å². The summed E-state index contributed by atoms with van der Waals surface area (Å²) in [4.78, 5) is 22.8. The smallest absolute Gasteiger partial charge is 0.305 e. The van der Waals surface area contributed by atoms with Crippen LogP contribution < -0.4 is 5.32 Å². The molecule has 0 atom stereocenters. The molecule has 0 saturated carbocycles. The Labute approximate surface area is 118 Å². The van der Waals surface area contributed by atoms with Gasteiger partial charge in [0, 0.05) is 18.5 Å². The van der Waals surface area contributed by atoms with Crippen LogP contribution in [0.25, 0.3) is 0 Å². The molecule has 0 aliphatic rings. The van der Waals surface area contributed by atoms with E-state index in [1.807, 2.05) is 0 Å². The average Bonchev–Trinajstić information content (AvgIpc) is 2.42. The van der Waals surface area contributed by atoms with E-state index in [-0.39, 0.29) is 17.6 Å². The molecule has 0 heterocycles. The first-order valence-corrected chi connectivity index (χ1v) is 6.69. The Morgan fingerprint density at radius 1 is 1.25 bits per heavy atom. The molecule has 5 nitrogen and oxygen atoms in total. The predicted molar refractivity (Wildman–Crippen MR) is 75.7 cm³/mol. The largest absolute Gasteiger partial charge is 0.508 e. The number of aryl methyl sites for hydroxylation is 1. The zero-order chi connectivity index (χ0) is 15.0. The zero-order valence-electron chi connectivity index (χ0n) is 11.9. The van der Waals surface area contributed by atoms with Gasteiger partial charge in [-0.2, -0.15) is 0 Å². The van der Waals surface area contributed by atoms with E-state index in [1.165, 1.54) is 13.2 Å². The summed E-state index contributed by atoms with van der Waals surface area (Å²) in [5.41, 5.74) is 1.31. The minimum Gasteiger partial charge on any atom is -0.508 e. The summed E-state index contributed by atoms with van der Waals surface area (Å²) >= 11 is 0.